The molecule has 0 radical (unpaired) electrons. The summed E-state index contributed by atoms with van der Waals surface area (Å²) in [6.45, 7) is 0. The molecule has 2 heterocycles. The number of nitrogens with two attached hydrogens (primary N) is 1. The summed E-state index contributed by atoms with van der Waals surface area (Å²) < 4.78 is 14.0. The van der Waals surface area contributed by atoms with Crippen LogP contribution in [0.15, 0.2) is 22.7 Å². The summed E-state index contributed by atoms with van der Waals surface area (Å²) in [7, 11) is 0. The lowest BCUT2D eigenvalue weighted by molar-refractivity contribution is 0.0574. The molecule has 2 N–H and O–H groups in total. The number of carbonyl (C=O) groups excluding carboxylic acids is 1. The first-order chi connectivity index (χ1) is 9.04. The Morgan fingerprint density at radius 1 is 1.26 bits per heavy atom. The molecule has 0 spiro atoms. The van der Waals surface area contributed by atoms with Crippen LogP contribution >= 0.6 is 15.9 Å². The zero-order valence-electron chi connectivity index (χ0n) is 10.5. The van der Waals surface area contributed by atoms with Gasteiger partial charge in [0.15, 0.2) is 0 Å². The first kappa shape index (κ1) is 13.1. The highest BCUT2D eigenvalue weighted by Gasteiger charge is 2.42. The molecule has 2 bridgehead atoms. The number of fused-ring (bicyclic) bond motifs is 2. The molecule has 2 aliphatic rings. The second-order valence-corrected chi connectivity index (χ2v) is 6.40. The third kappa shape index (κ3) is 2.41. The maximum Gasteiger partial charge on any atom is 0.254 e. The molecular formula is C14H16BrFN2O. The van der Waals surface area contributed by atoms with Gasteiger partial charge in [0.2, 0.25) is 0 Å². The van der Waals surface area contributed by atoms with Crippen LogP contribution in [0.5, 0.6) is 0 Å². The maximum atomic E-state index is 13.4. The standard InChI is InChI=1S/C14H16BrFN2O/c15-9-3-8(4-10(16)5-9)14(19)18-12-1-2-13(18)7-11(17)6-12/h3-5,11-13H,1-2,6-7,17H2. The summed E-state index contributed by atoms with van der Waals surface area (Å²) in [4.78, 5) is 14.5. The van der Waals surface area contributed by atoms with Crippen LogP contribution in [0.1, 0.15) is 36.0 Å². The number of amides is 1. The third-order valence-electron chi connectivity index (χ3n) is 4.11. The average molecular weight is 327 g/mol. The first-order valence-corrected chi connectivity index (χ1v) is 7.38. The van der Waals surface area contributed by atoms with Crippen LogP contribution in [-0.2, 0) is 0 Å². The largest absolute Gasteiger partial charge is 0.333 e. The van der Waals surface area contributed by atoms with E-state index >= 15 is 0 Å². The first-order valence-electron chi connectivity index (χ1n) is 6.59. The van der Waals surface area contributed by atoms with Crippen molar-refractivity contribution in [3.63, 3.8) is 0 Å². The number of nitrogens with zero attached hydrogens (tertiary/aromatic N) is 1. The molecule has 102 valence electrons. The molecule has 0 aliphatic carbocycles. The molecule has 1 aromatic carbocycles. The van der Waals surface area contributed by atoms with Crippen LogP contribution in [0.25, 0.3) is 0 Å². The van der Waals surface area contributed by atoms with Gasteiger partial charge < -0.3 is 10.6 Å². The second-order valence-electron chi connectivity index (χ2n) is 5.49. The number of carbonyl (C=O) groups is 1. The van der Waals surface area contributed by atoms with E-state index in [2.05, 4.69) is 15.9 Å². The summed E-state index contributed by atoms with van der Waals surface area (Å²) >= 11 is 3.23. The Bertz CT molecular complexity index is 488. The van der Waals surface area contributed by atoms with Crippen LogP contribution in [0.4, 0.5) is 4.39 Å². The third-order valence-corrected chi connectivity index (χ3v) is 4.57. The number of halogens is 2. The molecule has 2 aliphatic heterocycles. The van der Waals surface area contributed by atoms with E-state index in [-0.39, 0.29) is 24.0 Å². The lowest BCUT2D eigenvalue weighted by atomic mass is 9.97. The van der Waals surface area contributed by atoms with Crippen molar-refractivity contribution in [2.45, 2.75) is 43.8 Å². The zero-order valence-corrected chi connectivity index (χ0v) is 12.1. The van der Waals surface area contributed by atoms with Crippen molar-refractivity contribution in [3.8, 4) is 0 Å². The van der Waals surface area contributed by atoms with Gasteiger partial charge in [0.25, 0.3) is 5.91 Å². The number of hydrogen-bond donors (Lipinski definition) is 1. The highest BCUT2D eigenvalue weighted by molar-refractivity contribution is 9.10. The molecule has 1 aromatic rings. The Balaban J connectivity index is 1.88. The molecule has 2 saturated heterocycles. The van der Waals surface area contributed by atoms with Gasteiger partial charge >= 0.3 is 0 Å². The van der Waals surface area contributed by atoms with E-state index in [1.165, 1.54) is 12.1 Å². The maximum absolute atomic E-state index is 13.4. The molecule has 3 rings (SSSR count). The molecule has 19 heavy (non-hydrogen) atoms. The summed E-state index contributed by atoms with van der Waals surface area (Å²) in [6, 6.07) is 4.99. The van der Waals surface area contributed by atoms with Crippen LogP contribution in [0, 0.1) is 5.82 Å². The summed E-state index contributed by atoms with van der Waals surface area (Å²) in [5.41, 5.74) is 6.42. The zero-order chi connectivity index (χ0) is 13.6. The van der Waals surface area contributed by atoms with Crippen LogP contribution in [-0.4, -0.2) is 28.9 Å². The van der Waals surface area contributed by atoms with Crippen molar-refractivity contribution in [3.05, 3.63) is 34.1 Å². The van der Waals surface area contributed by atoms with E-state index in [9.17, 15) is 9.18 Å². The number of benzene rings is 1. The fourth-order valence-corrected chi connectivity index (χ4v) is 3.84. The van der Waals surface area contributed by atoms with Gasteiger partial charge in [-0.25, -0.2) is 4.39 Å². The number of piperidine rings is 1. The fourth-order valence-electron chi connectivity index (χ4n) is 3.38. The van der Waals surface area contributed by atoms with Crippen LogP contribution in [0.3, 0.4) is 0 Å². The Labute approximate surface area is 120 Å². The van der Waals surface area contributed by atoms with Gasteiger partial charge in [-0.3, -0.25) is 4.79 Å². The second kappa shape index (κ2) is 4.87. The smallest absolute Gasteiger partial charge is 0.254 e. The predicted molar refractivity (Wildman–Crippen MR) is 74.3 cm³/mol. The fraction of sp³-hybridized carbons (Fsp3) is 0.500. The minimum atomic E-state index is -0.390. The minimum absolute atomic E-state index is 0.0698. The Kier molecular flexibility index (Phi) is 3.35. The quantitative estimate of drug-likeness (QED) is 0.862. The molecule has 3 nitrogen and oxygen atoms in total. The Morgan fingerprint density at radius 2 is 1.89 bits per heavy atom. The average Bonchev–Trinajstić information content (AvgIpc) is 2.59. The van der Waals surface area contributed by atoms with Crippen molar-refractivity contribution in [1.82, 2.24) is 4.90 Å². The topological polar surface area (TPSA) is 46.3 Å². The number of hydrogen-bond acceptors (Lipinski definition) is 2. The van der Waals surface area contributed by atoms with Gasteiger partial charge in [0.1, 0.15) is 5.82 Å². The molecule has 0 saturated carbocycles. The molecule has 5 heteroatoms. The molecule has 2 fully saturated rings. The molecule has 1 amide bonds. The molecule has 2 unspecified atom stereocenters. The monoisotopic (exact) mass is 326 g/mol. The van der Waals surface area contributed by atoms with Crippen molar-refractivity contribution >= 4 is 21.8 Å². The summed E-state index contributed by atoms with van der Waals surface area (Å²) in [5.74, 6) is -0.460. The van der Waals surface area contributed by atoms with Gasteiger partial charge in [-0.2, -0.15) is 0 Å². The highest BCUT2D eigenvalue weighted by atomic mass is 79.9. The van der Waals surface area contributed by atoms with E-state index in [1.54, 1.807) is 6.07 Å². The van der Waals surface area contributed by atoms with Gasteiger partial charge in [0.05, 0.1) is 0 Å². The highest BCUT2D eigenvalue weighted by Crippen LogP contribution is 2.36. The van der Waals surface area contributed by atoms with Crippen molar-refractivity contribution in [1.29, 1.82) is 0 Å². The van der Waals surface area contributed by atoms with E-state index in [4.69, 9.17) is 5.73 Å². The summed E-state index contributed by atoms with van der Waals surface area (Å²) in [6.07, 6.45) is 3.75. The van der Waals surface area contributed by atoms with Gasteiger partial charge in [-0.05, 0) is 43.9 Å². The molecule has 0 aromatic heterocycles. The van der Waals surface area contributed by atoms with E-state index in [0.717, 1.165) is 25.7 Å². The van der Waals surface area contributed by atoms with Gasteiger partial charge in [-0.1, -0.05) is 15.9 Å². The van der Waals surface area contributed by atoms with E-state index in [0.29, 0.717) is 10.0 Å². The number of rotatable bonds is 1. The van der Waals surface area contributed by atoms with E-state index in [1.807, 2.05) is 4.90 Å². The molecule has 2 atom stereocenters. The van der Waals surface area contributed by atoms with Crippen molar-refractivity contribution in [2.24, 2.45) is 5.73 Å². The van der Waals surface area contributed by atoms with Crippen LogP contribution in [0.2, 0.25) is 0 Å². The normalized spacial score (nSPS) is 29.6. The minimum Gasteiger partial charge on any atom is -0.333 e. The van der Waals surface area contributed by atoms with Crippen molar-refractivity contribution < 1.29 is 9.18 Å². The summed E-state index contributed by atoms with van der Waals surface area (Å²) in [5, 5.41) is 0. The predicted octanol–water partition coefficient (Wildman–Crippen LogP) is 2.68. The Morgan fingerprint density at radius 3 is 2.47 bits per heavy atom. The van der Waals surface area contributed by atoms with Gasteiger partial charge in [-0.15, -0.1) is 0 Å². The Hall–Kier alpha value is -0.940. The SMILES string of the molecule is NC1CC2CCC(C1)N2C(=O)c1cc(F)cc(Br)c1. The van der Waals surface area contributed by atoms with Crippen molar-refractivity contribution in [2.75, 3.05) is 0 Å². The van der Waals surface area contributed by atoms with Crippen LogP contribution < -0.4 is 5.73 Å². The molecular weight excluding hydrogens is 311 g/mol. The van der Waals surface area contributed by atoms with E-state index < -0.39 is 5.82 Å². The lowest BCUT2D eigenvalue weighted by Crippen LogP contribution is -2.50. The lowest BCUT2D eigenvalue weighted by Gasteiger charge is -2.37. The van der Waals surface area contributed by atoms with Gasteiger partial charge in [0, 0.05) is 28.2 Å².